The highest BCUT2D eigenvalue weighted by molar-refractivity contribution is 5.97. The van der Waals surface area contributed by atoms with E-state index in [1.807, 2.05) is 35.9 Å². The fraction of sp³-hybridized carbons (Fsp3) is 0.278. The van der Waals surface area contributed by atoms with Gasteiger partial charge in [-0.2, -0.15) is 0 Å². The van der Waals surface area contributed by atoms with Gasteiger partial charge in [0.1, 0.15) is 5.69 Å². The van der Waals surface area contributed by atoms with Gasteiger partial charge in [-0.15, -0.1) is 0 Å². The average Bonchev–Trinajstić information content (AvgIpc) is 3.17. The van der Waals surface area contributed by atoms with Gasteiger partial charge >= 0.3 is 0 Å². The first kappa shape index (κ1) is 16.0. The van der Waals surface area contributed by atoms with Crippen molar-refractivity contribution >= 4 is 17.0 Å². The first-order valence-corrected chi connectivity index (χ1v) is 7.54. The number of fused-ring (bicyclic) bond motifs is 1. The van der Waals surface area contributed by atoms with E-state index in [0.29, 0.717) is 29.3 Å². The Kier molecular flexibility index (Phi) is 4.20. The van der Waals surface area contributed by atoms with Gasteiger partial charge in [0.15, 0.2) is 17.1 Å². The lowest BCUT2D eigenvalue weighted by atomic mass is 10.2. The first-order chi connectivity index (χ1) is 11.5. The molecule has 2 heterocycles. The minimum atomic E-state index is -0.0707. The number of rotatable bonds is 5. The maximum atomic E-state index is 12.7. The topological polar surface area (TPSA) is 56.8 Å². The van der Waals surface area contributed by atoms with E-state index in [9.17, 15) is 4.79 Å². The molecule has 6 heteroatoms. The second kappa shape index (κ2) is 6.31. The van der Waals surface area contributed by atoms with Crippen LogP contribution in [-0.2, 0) is 13.6 Å². The smallest absolute Gasteiger partial charge is 0.270 e. The molecule has 1 amide bonds. The van der Waals surface area contributed by atoms with E-state index >= 15 is 0 Å². The van der Waals surface area contributed by atoms with Crippen LogP contribution in [0.2, 0.25) is 0 Å². The van der Waals surface area contributed by atoms with Gasteiger partial charge in [-0.05, 0) is 17.7 Å². The Balaban J connectivity index is 1.81. The number of amides is 1. The minimum absolute atomic E-state index is 0.0707. The Morgan fingerprint density at radius 2 is 1.92 bits per heavy atom. The normalized spacial score (nSPS) is 10.8. The van der Waals surface area contributed by atoms with Crippen LogP contribution in [0.25, 0.3) is 11.1 Å². The van der Waals surface area contributed by atoms with Crippen molar-refractivity contribution in [3.05, 3.63) is 47.9 Å². The summed E-state index contributed by atoms with van der Waals surface area (Å²) < 4.78 is 17.7. The zero-order valence-corrected chi connectivity index (χ0v) is 14.2. The van der Waals surface area contributed by atoms with Gasteiger partial charge in [-0.25, -0.2) is 0 Å². The lowest BCUT2D eigenvalue weighted by Crippen LogP contribution is -2.27. The maximum absolute atomic E-state index is 12.7. The van der Waals surface area contributed by atoms with Crippen LogP contribution in [0.1, 0.15) is 16.1 Å². The number of aromatic nitrogens is 1. The number of carbonyl (C=O) groups excluding carboxylic acids is 1. The van der Waals surface area contributed by atoms with E-state index in [-0.39, 0.29) is 5.91 Å². The third kappa shape index (κ3) is 2.71. The zero-order chi connectivity index (χ0) is 17.3. The van der Waals surface area contributed by atoms with Gasteiger partial charge in [0.2, 0.25) is 0 Å². The van der Waals surface area contributed by atoms with Crippen molar-refractivity contribution in [3.8, 4) is 11.5 Å². The largest absolute Gasteiger partial charge is 0.493 e. The molecule has 0 bridgehead atoms. The number of carbonyl (C=O) groups is 1. The molecule has 126 valence electrons. The summed E-state index contributed by atoms with van der Waals surface area (Å²) in [5.74, 6) is 1.24. The van der Waals surface area contributed by atoms with Crippen LogP contribution < -0.4 is 9.47 Å². The third-order valence-corrected chi connectivity index (χ3v) is 4.10. The van der Waals surface area contributed by atoms with Crippen molar-refractivity contribution in [2.45, 2.75) is 6.54 Å². The first-order valence-electron chi connectivity index (χ1n) is 7.54. The van der Waals surface area contributed by atoms with Crippen molar-refractivity contribution in [3.63, 3.8) is 0 Å². The predicted molar refractivity (Wildman–Crippen MR) is 90.5 cm³/mol. The van der Waals surface area contributed by atoms with Gasteiger partial charge in [-0.3, -0.25) is 4.79 Å². The van der Waals surface area contributed by atoms with Crippen LogP contribution in [0, 0.1) is 0 Å². The molecule has 0 saturated carbocycles. The molecule has 0 fully saturated rings. The van der Waals surface area contributed by atoms with E-state index < -0.39 is 0 Å². The van der Waals surface area contributed by atoms with E-state index in [1.54, 1.807) is 38.5 Å². The molecule has 0 atom stereocenters. The molecule has 0 spiro atoms. The molecule has 0 aliphatic heterocycles. The number of aryl methyl sites for hydroxylation is 1. The highest BCUT2D eigenvalue weighted by Gasteiger charge is 2.19. The molecule has 3 rings (SSSR count). The fourth-order valence-corrected chi connectivity index (χ4v) is 2.78. The molecule has 6 nitrogen and oxygen atoms in total. The quantitative estimate of drug-likeness (QED) is 0.722. The van der Waals surface area contributed by atoms with Crippen LogP contribution in [-0.4, -0.2) is 36.6 Å². The van der Waals surface area contributed by atoms with Crippen molar-refractivity contribution in [2.75, 3.05) is 21.3 Å². The number of hydrogen-bond donors (Lipinski definition) is 0. The van der Waals surface area contributed by atoms with Gasteiger partial charge < -0.3 is 23.4 Å². The SMILES string of the molecule is COc1ccc(CN(C)C(=O)c2cc3occc3n2C)cc1OC. The van der Waals surface area contributed by atoms with Crippen LogP contribution >= 0.6 is 0 Å². The molecule has 0 aliphatic carbocycles. The van der Waals surface area contributed by atoms with Crippen LogP contribution in [0.5, 0.6) is 11.5 Å². The van der Waals surface area contributed by atoms with E-state index in [2.05, 4.69) is 0 Å². The highest BCUT2D eigenvalue weighted by Crippen LogP contribution is 2.28. The van der Waals surface area contributed by atoms with Crippen molar-refractivity contribution in [2.24, 2.45) is 7.05 Å². The molecule has 0 N–H and O–H groups in total. The summed E-state index contributed by atoms with van der Waals surface area (Å²) in [6.07, 6.45) is 1.62. The summed E-state index contributed by atoms with van der Waals surface area (Å²) in [5, 5.41) is 0. The van der Waals surface area contributed by atoms with Gasteiger partial charge in [0.25, 0.3) is 5.91 Å². The summed E-state index contributed by atoms with van der Waals surface area (Å²) in [6.45, 7) is 0.464. The number of furan rings is 1. The van der Waals surface area contributed by atoms with Gasteiger partial charge in [-0.1, -0.05) is 6.07 Å². The average molecular weight is 328 g/mol. The Bertz CT molecular complexity index is 878. The van der Waals surface area contributed by atoms with E-state index in [0.717, 1.165) is 11.1 Å². The Morgan fingerprint density at radius 3 is 2.58 bits per heavy atom. The number of methoxy groups -OCH3 is 2. The summed E-state index contributed by atoms with van der Waals surface area (Å²) in [4.78, 5) is 14.4. The number of hydrogen-bond acceptors (Lipinski definition) is 4. The fourth-order valence-electron chi connectivity index (χ4n) is 2.78. The zero-order valence-electron chi connectivity index (χ0n) is 14.2. The molecule has 0 aliphatic rings. The van der Waals surface area contributed by atoms with Crippen LogP contribution in [0.15, 0.2) is 41.0 Å². The predicted octanol–water partition coefficient (Wildman–Crippen LogP) is 3.06. The Morgan fingerprint density at radius 1 is 1.17 bits per heavy atom. The highest BCUT2D eigenvalue weighted by atomic mass is 16.5. The molecule has 3 aromatic rings. The molecule has 1 aromatic carbocycles. The van der Waals surface area contributed by atoms with Crippen LogP contribution in [0.4, 0.5) is 0 Å². The number of ether oxygens (including phenoxy) is 2. The molecule has 0 unspecified atom stereocenters. The Labute approximate surface area is 140 Å². The lowest BCUT2D eigenvalue weighted by Gasteiger charge is -2.18. The summed E-state index contributed by atoms with van der Waals surface area (Å²) in [6, 6.07) is 9.24. The van der Waals surface area contributed by atoms with Crippen LogP contribution in [0.3, 0.4) is 0 Å². The minimum Gasteiger partial charge on any atom is -0.493 e. The summed E-state index contributed by atoms with van der Waals surface area (Å²) in [7, 11) is 6.82. The molecule has 0 saturated heterocycles. The number of benzene rings is 1. The molecule has 0 radical (unpaired) electrons. The lowest BCUT2D eigenvalue weighted by molar-refractivity contribution is 0.0776. The van der Waals surface area contributed by atoms with Crippen molar-refractivity contribution < 1.29 is 18.7 Å². The molecule has 2 aromatic heterocycles. The second-order valence-electron chi connectivity index (χ2n) is 5.61. The number of nitrogens with zero attached hydrogens (tertiary/aromatic N) is 2. The summed E-state index contributed by atoms with van der Waals surface area (Å²) in [5.41, 5.74) is 3.16. The third-order valence-electron chi connectivity index (χ3n) is 4.10. The molecular weight excluding hydrogens is 308 g/mol. The van der Waals surface area contributed by atoms with E-state index in [4.69, 9.17) is 13.9 Å². The van der Waals surface area contributed by atoms with E-state index in [1.165, 1.54) is 0 Å². The standard InChI is InChI=1S/C18H20N2O4/c1-19(11-12-5-6-15(22-3)17(9-12)23-4)18(21)14-10-16-13(20(14)2)7-8-24-16/h5-10H,11H2,1-4H3. The molecule has 24 heavy (non-hydrogen) atoms. The van der Waals surface area contributed by atoms with Gasteiger partial charge in [0, 0.05) is 32.8 Å². The Hall–Kier alpha value is -2.89. The molecular formula is C18H20N2O4. The van der Waals surface area contributed by atoms with Crippen molar-refractivity contribution in [1.82, 2.24) is 9.47 Å². The van der Waals surface area contributed by atoms with Gasteiger partial charge in [0.05, 0.1) is 26.0 Å². The maximum Gasteiger partial charge on any atom is 0.270 e. The monoisotopic (exact) mass is 328 g/mol. The summed E-state index contributed by atoms with van der Waals surface area (Å²) >= 11 is 0. The second-order valence-corrected chi connectivity index (χ2v) is 5.61. The van der Waals surface area contributed by atoms with Crippen molar-refractivity contribution in [1.29, 1.82) is 0 Å².